The molecule has 0 fully saturated rings. The Kier molecular flexibility index (Phi) is 5.16. The first-order chi connectivity index (χ1) is 12.9. The number of amides is 1. The number of nitrogens with one attached hydrogen (secondary N) is 1. The van der Waals surface area contributed by atoms with Crippen molar-refractivity contribution < 1.29 is 18.0 Å². The van der Waals surface area contributed by atoms with Crippen molar-refractivity contribution in [2.45, 2.75) is 4.90 Å². The average molecular weight is 380 g/mol. The Morgan fingerprint density at radius 3 is 1.89 bits per heavy atom. The van der Waals surface area contributed by atoms with Gasteiger partial charge < -0.3 is 5.32 Å². The third kappa shape index (κ3) is 4.28. The van der Waals surface area contributed by atoms with Gasteiger partial charge in [-0.2, -0.15) is 0 Å². The van der Waals surface area contributed by atoms with Crippen LogP contribution in [0.2, 0.25) is 0 Å². The highest BCUT2D eigenvalue weighted by Gasteiger charge is 2.18. The summed E-state index contributed by atoms with van der Waals surface area (Å²) in [5.74, 6) is -0.732. The Morgan fingerprint density at radius 2 is 1.30 bits per heavy atom. The molecule has 0 aromatic heterocycles. The second kappa shape index (κ2) is 7.53. The molecule has 0 heterocycles. The highest BCUT2D eigenvalue weighted by Crippen LogP contribution is 2.18. The Bertz CT molecular complexity index is 1090. The second-order valence-electron chi connectivity index (χ2n) is 5.76. The van der Waals surface area contributed by atoms with Crippen molar-refractivity contribution in [3.8, 4) is 0 Å². The van der Waals surface area contributed by atoms with Crippen LogP contribution < -0.4 is 10.5 Å². The summed E-state index contributed by atoms with van der Waals surface area (Å²) in [5.41, 5.74) is 1.37. The van der Waals surface area contributed by atoms with E-state index in [9.17, 15) is 18.0 Å². The predicted octanol–water partition coefficient (Wildman–Crippen LogP) is 2.82. The smallest absolute Gasteiger partial charge is 0.256 e. The summed E-state index contributed by atoms with van der Waals surface area (Å²) in [7, 11) is -3.81. The van der Waals surface area contributed by atoms with Crippen molar-refractivity contribution in [2.24, 2.45) is 5.14 Å². The van der Waals surface area contributed by atoms with E-state index >= 15 is 0 Å². The predicted molar refractivity (Wildman–Crippen MR) is 102 cm³/mol. The molecule has 0 saturated heterocycles. The first-order valence-corrected chi connectivity index (χ1v) is 9.54. The van der Waals surface area contributed by atoms with E-state index in [-0.39, 0.29) is 21.8 Å². The fourth-order valence-corrected chi connectivity index (χ4v) is 3.07. The molecule has 0 aliphatic rings. The highest BCUT2D eigenvalue weighted by atomic mass is 32.2. The SMILES string of the molecule is NS(=O)(=O)c1ccc(NC(=O)c2ccccc2C(=O)c2ccccc2)cc1. The summed E-state index contributed by atoms with van der Waals surface area (Å²) in [6.07, 6.45) is 0. The normalized spacial score (nSPS) is 11.0. The molecule has 3 rings (SSSR count). The molecule has 0 radical (unpaired) electrons. The maximum Gasteiger partial charge on any atom is 0.256 e. The third-order valence-electron chi connectivity index (χ3n) is 3.89. The van der Waals surface area contributed by atoms with E-state index in [1.165, 1.54) is 24.3 Å². The number of nitrogens with two attached hydrogens (primary N) is 1. The second-order valence-corrected chi connectivity index (χ2v) is 7.33. The topological polar surface area (TPSA) is 106 Å². The van der Waals surface area contributed by atoms with E-state index < -0.39 is 15.9 Å². The number of hydrogen-bond donors (Lipinski definition) is 2. The molecular weight excluding hydrogens is 364 g/mol. The molecule has 6 nitrogen and oxygen atoms in total. The van der Waals surface area contributed by atoms with Gasteiger partial charge in [-0.1, -0.05) is 48.5 Å². The summed E-state index contributed by atoms with van der Waals surface area (Å²) >= 11 is 0. The third-order valence-corrected chi connectivity index (χ3v) is 4.82. The summed E-state index contributed by atoms with van der Waals surface area (Å²) in [4.78, 5) is 25.3. The number of benzene rings is 3. The van der Waals surface area contributed by atoms with Crippen LogP contribution in [0.1, 0.15) is 26.3 Å². The number of rotatable bonds is 5. The van der Waals surface area contributed by atoms with Crippen molar-refractivity contribution >= 4 is 27.4 Å². The maximum absolute atomic E-state index is 12.7. The molecule has 1 amide bonds. The molecule has 3 aromatic carbocycles. The molecule has 3 aromatic rings. The lowest BCUT2D eigenvalue weighted by Crippen LogP contribution is -2.17. The van der Waals surface area contributed by atoms with Crippen molar-refractivity contribution in [3.05, 3.63) is 95.6 Å². The van der Waals surface area contributed by atoms with Gasteiger partial charge in [0.25, 0.3) is 5.91 Å². The van der Waals surface area contributed by atoms with Crippen LogP contribution in [-0.4, -0.2) is 20.1 Å². The van der Waals surface area contributed by atoms with Crippen LogP contribution in [0.5, 0.6) is 0 Å². The van der Waals surface area contributed by atoms with Gasteiger partial charge in [-0.05, 0) is 30.3 Å². The lowest BCUT2D eigenvalue weighted by molar-refractivity contribution is 0.0996. The molecule has 0 aliphatic heterocycles. The number of sulfonamides is 1. The van der Waals surface area contributed by atoms with Crippen LogP contribution in [0.4, 0.5) is 5.69 Å². The van der Waals surface area contributed by atoms with Crippen LogP contribution >= 0.6 is 0 Å². The van der Waals surface area contributed by atoms with Gasteiger partial charge in [-0.3, -0.25) is 9.59 Å². The van der Waals surface area contributed by atoms with Crippen molar-refractivity contribution in [1.82, 2.24) is 0 Å². The standard InChI is InChI=1S/C20H16N2O4S/c21-27(25,26)16-12-10-15(11-13-16)22-20(24)18-9-5-4-8-17(18)19(23)14-6-2-1-3-7-14/h1-13H,(H,22,24)(H2,21,25,26). The molecule has 0 unspecified atom stereocenters. The molecule has 0 bridgehead atoms. The Balaban J connectivity index is 1.87. The van der Waals surface area contributed by atoms with Gasteiger partial charge in [-0.25, -0.2) is 13.6 Å². The summed E-state index contributed by atoms with van der Waals surface area (Å²) in [6, 6.07) is 20.6. The van der Waals surface area contributed by atoms with Crippen molar-refractivity contribution in [3.63, 3.8) is 0 Å². The van der Waals surface area contributed by atoms with Gasteiger partial charge in [0.05, 0.1) is 10.5 Å². The van der Waals surface area contributed by atoms with Crippen LogP contribution in [-0.2, 0) is 10.0 Å². The zero-order valence-electron chi connectivity index (χ0n) is 14.1. The fraction of sp³-hybridized carbons (Fsp3) is 0. The Hall–Kier alpha value is -3.29. The quantitative estimate of drug-likeness (QED) is 0.664. The molecule has 7 heteroatoms. The molecule has 0 atom stereocenters. The number of anilines is 1. The maximum atomic E-state index is 12.7. The van der Waals surface area contributed by atoms with E-state index in [1.807, 2.05) is 0 Å². The van der Waals surface area contributed by atoms with E-state index in [0.29, 0.717) is 11.3 Å². The van der Waals surface area contributed by atoms with Gasteiger partial charge in [0.2, 0.25) is 10.0 Å². The minimum atomic E-state index is -3.81. The number of carbonyl (C=O) groups excluding carboxylic acids is 2. The van der Waals surface area contributed by atoms with Crippen LogP contribution in [0.25, 0.3) is 0 Å². The number of carbonyl (C=O) groups is 2. The number of ketones is 1. The lowest BCUT2D eigenvalue weighted by atomic mass is 9.98. The van der Waals surface area contributed by atoms with Gasteiger partial charge in [0.1, 0.15) is 0 Å². The van der Waals surface area contributed by atoms with Gasteiger partial charge >= 0.3 is 0 Å². The Labute approximate surface area is 156 Å². The molecular formula is C20H16N2O4S. The van der Waals surface area contributed by atoms with Crippen LogP contribution in [0, 0.1) is 0 Å². The lowest BCUT2D eigenvalue weighted by Gasteiger charge is -2.10. The summed E-state index contributed by atoms with van der Waals surface area (Å²) < 4.78 is 22.6. The zero-order chi connectivity index (χ0) is 19.4. The molecule has 3 N–H and O–H groups in total. The molecule has 0 spiro atoms. The van der Waals surface area contributed by atoms with E-state index in [1.54, 1.807) is 54.6 Å². The van der Waals surface area contributed by atoms with E-state index in [4.69, 9.17) is 5.14 Å². The highest BCUT2D eigenvalue weighted by molar-refractivity contribution is 7.89. The zero-order valence-corrected chi connectivity index (χ0v) is 14.9. The van der Waals surface area contributed by atoms with Gasteiger partial charge in [-0.15, -0.1) is 0 Å². The first-order valence-electron chi connectivity index (χ1n) is 7.99. The van der Waals surface area contributed by atoms with E-state index in [0.717, 1.165) is 0 Å². The number of primary sulfonamides is 1. The molecule has 0 aliphatic carbocycles. The largest absolute Gasteiger partial charge is 0.322 e. The average Bonchev–Trinajstić information content (AvgIpc) is 2.68. The summed E-state index contributed by atoms with van der Waals surface area (Å²) in [6.45, 7) is 0. The van der Waals surface area contributed by atoms with Crippen LogP contribution in [0.3, 0.4) is 0 Å². The molecule has 136 valence electrons. The van der Waals surface area contributed by atoms with Gasteiger partial charge in [0.15, 0.2) is 5.78 Å². The Morgan fingerprint density at radius 1 is 0.741 bits per heavy atom. The van der Waals surface area contributed by atoms with E-state index in [2.05, 4.69) is 5.32 Å². The van der Waals surface area contributed by atoms with Crippen molar-refractivity contribution in [2.75, 3.05) is 5.32 Å². The number of hydrogen-bond acceptors (Lipinski definition) is 4. The van der Waals surface area contributed by atoms with Crippen LogP contribution in [0.15, 0.2) is 83.8 Å². The molecule has 0 saturated carbocycles. The van der Waals surface area contributed by atoms with Gasteiger partial charge in [0, 0.05) is 16.8 Å². The fourth-order valence-electron chi connectivity index (χ4n) is 2.55. The minimum Gasteiger partial charge on any atom is -0.322 e. The first kappa shape index (κ1) is 18.5. The monoisotopic (exact) mass is 380 g/mol. The summed E-state index contributed by atoms with van der Waals surface area (Å²) in [5, 5.41) is 7.71. The minimum absolute atomic E-state index is 0.0554. The molecule has 27 heavy (non-hydrogen) atoms. The van der Waals surface area contributed by atoms with Crippen molar-refractivity contribution in [1.29, 1.82) is 0 Å².